The van der Waals surface area contributed by atoms with Crippen LogP contribution in [-0.2, 0) is 9.73 Å². The first-order chi connectivity index (χ1) is 20.8. The van der Waals surface area contributed by atoms with Crippen LogP contribution in [0.4, 0.5) is 5.69 Å². The number of amides is 2. The summed E-state index contributed by atoms with van der Waals surface area (Å²) in [4.78, 5) is 30.4. The number of nitrogens with zero attached hydrogens (tertiary/aromatic N) is 2. The maximum Gasteiger partial charge on any atom is 0.291 e. The van der Waals surface area contributed by atoms with Gasteiger partial charge in [-0.1, -0.05) is 36.1 Å². The van der Waals surface area contributed by atoms with E-state index in [4.69, 9.17) is 4.42 Å². The van der Waals surface area contributed by atoms with E-state index in [1.165, 1.54) is 18.7 Å². The number of hydrogen-bond donors (Lipinski definition) is 3. The highest BCUT2D eigenvalue weighted by molar-refractivity contribution is 7.94. The zero-order chi connectivity index (χ0) is 30.2. The number of furan rings is 1. The molecule has 1 saturated carbocycles. The van der Waals surface area contributed by atoms with Gasteiger partial charge >= 0.3 is 0 Å². The molecule has 2 aromatic carbocycles. The van der Waals surface area contributed by atoms with Crippen molar-refractivity contribution in [3.63, 3.8) is 0 Å². The van der Waals surface area contributed by atoms with Gasteiger partial charge in [-0.15, -0.1) is 0 Å². The highest BCUT2D eigenvalue weighted by atomic mass is 32.2. The van der Waals surface area contributed by atoms with Gasteiger partial charge in [-0.25, -0.2) is 4.21 Å². The number of nitrogens with one attached hydrogen (secondary N) is 2. The molecule has 2 amide bonds. The third-order valence-electron chi connectivity index (χ3n) is 7.08. The number of aryl methyl sites for hydroxylation is 1. The lowest BCUT2D eigenvalue weighted by molar-refractivity contribution is 0.0991. The van der Waals surface area contributed by atoms with E-state index in [0.717, 1.165) is 18.4 Å². The predicted molar refractivity (Wildman–Crippen MR) is 164 cm³/mol. The second-order valence-electron chi connectivity index (χ2n) is 10.4. The number of carbonyl (C=O) groups excluding carboxylic acids is 2. The highest BCUT2D eigenvalue weighted by Gasteiger charge is 2.23. The van der Waals surface area contributed by atoms with E-state index in [-0.39, 0.29) is 35.1 Å². The van der Waals surface area contributed by atoms with Crippen LogP contribution < -0.4 is 10.6 Å². The number of carbonyl (C=O) groups is 2. The number of pyridine rings is 1. The van der Waals surface area contributed by atoms with Crippen molar-refractivity contribution in [3.05, 3.63) is 113 Å². The SMILES string of the molecule is Cc1ccoc1C(=O)Nc1cccc(C#Cc2cncc(C(=O)N=S(=O)(CCNC3CCC(O)C3)c3ccccc3)c2)c1. The summed E-state index contributed by atoms with van der Waals surface area (Å²) in [6, 6.07) is 19.3. The standard InChI is InChI=1S/C33H32N4O5S/c1-23-14-16-42-31(23)33(40)36-28-7-5-6-24(19-28)10-11-25-18-26(22-34-21-25)32(39)37-43(41,30-8-3-2-4-9-30)17-15-35-27-12-13-29(38)20-27/h2-9,14,16,18-19,21-22,27,29,35,38H,12-13,15,17,20H2,1H3,(H,36,40). The van der Waals surface area contributed by atoms with Gasteiger partial charge < -0.3 is 20.2 Å². The number of aliphatic hydroxyl groups is 1. The van der Waals surface area contributed by atoms with Crippen molar-refractivity contribution in [1.29, 1.82) is 0 Å². The Morgan fingerprint density at radius 3 is 2.60 bits per heavy atom. The lowest BCUT2D eigenvalue weighted by Gasteiger charge is -2.14. The average Bonchev–Trinajstić information content (AvgIpc) is 3.64. The molecule has 1 fully saturated rings. The number of hydrogen-bond acceptors (Lipinski definition) is 7. The Kier molecular flexibility index (Phi) is 9.47. The number of benzene rings is 2. The van der Waals surface area contributed by atoms with Gasteiger partial charge in [-0.3, -0.25) is 14.6 Å². The van der Waals surface area contributed by atoms with E-state index in [1.54, 1.807) is 67.6 Å². The minimum atomic E-state index is -3.08. The fraction of sp³-hybridized carbons (Fsp3) is 0.242. The zero-order valence-corrected chi connectivity index (χ0v) is 24.5. The molecule has 3 atom stereocenters. The van der Waals surface area contributed by atoms with Crippen molar-refractivity contribution >= 4 is 27.2 Å². The van der Waals surface area contributed by atoms with Crippen LogP contribution in [0.15, 0.2) is 99.1 Å². The summed E-state index contributed by atoms with van der Waals surface area (Å²) in [5.41, 5.74) is 2.60. The first-order valence-electron chi connectivity index (χ1n) is 14.0. The largest absolute Gasteiger partial charge is 0.459 e. The third-order valence-corrected chi connectivity index (χ3v) is 9.31. The summed E-state index contributed by atoms with van der Waals surface area (Å²) in [6.07, 6.45) is 6.32. The van der Waals surface area contributed by atoms with Crippen LogP contribution in [0.1, 0.15) is 56.9 Å². The molecular formula is C33H32N4O5S. The topological polar surface area (TPSA) is 134 Å². The van der Waals surface area contributed by atoms with E-state index in [2.05, 4.69) is 31.8 Å². The predicted octanol–water partition coefficient (Wildman–Crippen LogP) is 4.81. The van der Waals surface area contributed by atoms with Crippen LogP contribution in [-0.4, -0.2) is 50.6 Å². The quantitative estimate of drug-likeness (QED) is 0.249. The second kappa shape index (κ2) is 13.6. The van der Waals surface area contributed by atoms with Crippen molar-refractivity contribution in [3.8, 4) is 11.8 Å². The first kappa shape index (κ1) is 29.9. The Labute approximate surface area is 250 Å². The lowest BCUT2D eigenvalue weighted by atomic mass is 10.1. The summed E-state index contributed by atoms with van der Waals surface area (Å²) >= 11 is 0. The highest BCUT2D eigenvalue weighted by Crippen LogP contribution is 2.20. The molecular weight excluding hydrogens is 564 g/mol. The first-order valence-corrected chi connectivity index (χ1v) is 15.7. The van der Waals surface area contributed by atoms with E-state index >= 15 is 0 Å². The van der Waals surface area contributed by atoms with E-state index in [9.17, 15) is 18.9 Å². The molecule has 4 aromatic rings. The van der Waals surface area contributed by atoms with Gasteiger partial charge in [0, 0.05) is 58.0 Å². The molecule has 5 rings (SSSR count). The molecule has 3 N–H and O–H groups in total. The molecule has 2 heterocycles. The summed E-state index contributed by atoms with van der Waals surface area (Å²) < 4.78 is 23.5. The van der Waals surface area contributed by atoms with Crippen molar-refractivity contribution in [2.75, 3.05) is 17.6 Å². The second-order valence-corrected chi connectivity index (χ2v) is 12.7. The number of aromatic nitrogens is 1. The van der Waals surface area contributed by atoms with Gasteiger partial charge in [0.25, 0.3) is 11.8 Å². The van der Waals surface area contributed by atoms with Crippen LogP contribution in [0.25, 0.3) is 0 Å². The van der Waals surface area contributed by atoms with Crippen molar-refractivity contribution < 1.29 is 23.3 Å². The molecule has 2 aromatic heterocycles. The maximum atomic E-state index is 14.0. The molecule has 1 aliphatic rings. The molecule has 0 saturated heterocycles. The van der Waals surface area contributed by atoms with Crippen LogP contribution in [0.5, 0.6) is 0 Å². The number of anilines is 1. The monoisotopic (exact) mass is 596 g/mol. The van der Waals surface area contributed by atoms with Crippen LogP contribution >= 0.6 is 0 Å². The lowest BCUT2D eigenvalue weighted by Crippen LogP contribution is -2.32. The van der Waals surface area contributed by atoms with E-state index in [0.29, 0.717) is 34.7 Å². The molecule has 0 bridgehead atoms. The smallest absolute Gasteiger partial charge is 0.291 e. The molecule has 220 valence electrons. The Morgan fingerprint density at radius 1 is 1.05 bits per heavy atom. The average molecular weight is 597 g/mol. The van der Waals surface area contributed by atoms with Crippen LogP contribution in [0.3, 0.4) is 0 Å². The third kappa shape index (κ3) is 7.84. The molecule has 3 unspecified atom stereocenters. The van der Waals surface area contributed by atoms with Gasteiger partial charge in [0.2, 0.25) is 0 Å². The Morgan fingerprint density at radius 2 is 1.86 bits per heavy atom. The molecule has 0 spiro atoms. The van der Waals surface area contributed by atoms with Gasteiger partial charge in [0.1, 0.15) is 0 Å². The Bertz CT molecular complexity index is 1800. The summed E-state index contributed by atoms with van der Waals surface area (Å²) in [7, 11) is -3.08. The summed E-state index contributed by atoms with van der Waals surface area (Å²) in [5.74, 6) is 5.43. The zero-order valence-electron chi connectivity index (χ0n) is 23.7. The minimum absolute atomic E-state index is 0.147. The Hall–Kier alpha value is -4.56. The Balaban J connectivity index is 1.32. The fourth-order valence-electron chi connectivity index (χ4n) is 4.82. The fourth-order valence-corrected chi connectivity index (χ4v) is 6.60. The van der Waals surface area contributed by atoms with Gasteiger partial charge in [0.15, 0.2) is 5.76 Å². The van der Waals surface area contributed by atoms with Crippen molar-refractivity contribution in [2.24, 2.45) is 4.36 Å². The van der Waals surface area contributed by atoms with Crippen LogP contribution in [0, 0.1) is 18.8 Å². The summed E-state index contributed by atoms with van der Waals surface area (Å²) in [5, 5.41) is 15.9. The number of rotatable bonds is 8. The molecule has 9 nitrogen and oxygen atoms in total. The van der Waals surface area contributed by atoms with Gasteiger partial charge in [-0.05, 0) is 68.7 Å². The number of aliphatic hydroxyl groups excluding tert-OH is 1. The normalized spacial score (nSPS) is 17.3. The van der Waals surface area contributed by atoms with E-state index < -0.39 is 15.6 Å². The van der Waals surface area contributed by atoms with Gasteiger partial charge in [-0.2, -0.15) is 4.36 Å². The van der Waals surface area contributed by atoms with E-state index in [1.807, 2.05) is 6.07 Å². The van der Waals surface area contributed by atoms with Crippen molar-refractivity contribution in [1.82, 2.24) is 10.3 Å². The molecule has 0 radical (unpaired) electrons. The minimum Gasteiger partial charge on any atom is -0.459 e. The molecule has 0 aliphatic heterocycles. The maximum absolute atomic E-state index is 14.0. The molecule has 10 heteroatoms. The molecule has 43 heavy (non-hydrogen) atoms. The summed E-state index contributed by atoms with van der Waals surface area (Å²) in [6.45, 7) is 2.19. The van der Waals surface area contributed by atoms with Crippen LogP contribution in [0.2, 0.25) is 0 Å². The molecule has 1 aliphatic carbocycles. The van der Waals surface area contributed by atoms with Crippen molar-refractivity contribution in [2.45, 2.75) is 43.2 Å². The van der Waals surface area contributed by atoms with Gasteiger partial charge in [0.05, 0.1) is 27.7 Å².